The Bertz CT molecular complexity index is 670. The number of rotatable bonds is 3. The standard InChI is InChI=1S/C16H18N2O4/c1-10(2)9-17-14(20)11-5-3-4-6-12(11)18-13(19)7-8-16(17,18)15(21)22/h3-6,10H,7-9H2,1-2H3,(H,21,22)/t16-/m0/s1. The molecule has 0 aromatic heterocycles. The first kappa shape index (κ1) is 14.6. The van der Waals surface area contributed by atoms with Crippen LogP contribution < -0.4 is 4.90 Å². The first-order chi connectivity index (χ1) is 10.4. The SMILES string of the molecule is CC(C)CN1C(=O)c2ccccc2N2C(=O)CC[C@]12C(=O)O. The molecule has 0 saturated carbocycles. The topological polar surface area (TPSA) is 77.9 Å². The van der Waals surface area contributed by atoms with E-state index >= 15 is 0 Å². The Morgan fingerprint density at radius 2 is 2.00 bits per heavy atom. The Balaban J connectivity index is 2.25. The summed E-state index contributed by atoms with van der Waals surface area (Å²) in [5, 5.41) is 9.86. The van der Waals surface area contributed by atoms with E-state index in [9.17, 15) is 19.5 Å². The summed E-state index contributed by atoms with van der Waals surface area (Å²) in [7, 11) is 0. The van der Waals surface area contributed by atoms with E-state index in [1.165, 1.54) is 9.80 Å². The molecule has 2 aliphatic heterocycles. The van der Waals surface area contributed by atoms with Gasteiger partial charge in [-0.3, -0.25) is 14.5 Å². The Kier molecular flexibility index (Phi) is 3.20. The van der Waals surface area contributed by atoms with Gasteiger partial charge in [-0.1, -0.05) is 26.0 Å². The van der Waals surface area contributed by atoms with Gasteiger partial charge in [0.1, 0.15) is 0 Å². The number of hydrogen-bond donors (Lipinski definition) is 1. The monoisotopic (exact) mass is 302 g/mol. The van der Waals surface area contributed by atoms with Gasteiger partial charge in [0.2, 0.25) is 11.6 Å². The molecular formula is C16H18N2O4. The highest BCUT2D eigenvalue weighted by Crippen LogP contribution is 2.44. The number of carbonyl (C=O) groups is 3. The first-order valence-electron chi connectivity index (χ1n) is 7.37. The van der Waals surface area contributed by atoms with Crippen LogP contribution in [-0.4, -0.2) is 40.0 Å². The molecule has 0 radical (unpaired) electrons. The van der Waals surface area contributed by atoms with Gasteiger partial charge in [-0.15, -0.1) is 0 Å². The number of anilines is 1. The number of para-hydroxylation sites is 1. The molecule has 1 fully saturated rings. The van der Waals surface area contributed by atoms with Crippen LogP contribution in [0.25, 0.3) is 0 Å². The highest BCUT2D eigenvalue weighted by Gasteiger charge is 2.61. The zero-order chi connectivity index (χ0) is 16.1. The third-order valence-electron chi connectivity index (χ3n) is 4.26. The zero-order valence-electron chi connectivity index (χ0n) is 12.6. The predicted octanol–water partition coefficient (Wildman–Crippen LogP) is 1.71. The summed E-state index contributed by atoms with van der Waals surface area (Å²) in [5.74, 6) is -1.63. The molecule has 6 nitrogen and oxygen atoms in total. The van der Waals surface area contributed by atoms with Crippen molar-refractivity contribution in [2.45, 2.75) is 32.4 Å². The summed E-state index contributed by atoms with van der Waals surface area (Å²) in [5.41, 5.74) is -0.806. The summed E-state index contributed by atoms with van der Waals surface area (Å²) < 4.78 is 0. The molecule has 0 bridgehead atoms. The second kappa shape index (κ2) is 4.83. The number of carboxylic acid groups (broad SMARTS) is 1. The summed E-state index contributed by atoms with van der Waals surface area (Å²) in [6, 6.07) is 6.71. The third kappa shape index (κ3) is 1.76. The number of hydrogen-bond acceptors (Lipinski definition) is 3. The van der Waals surface area contributed by atoms with Crippen molar-refractivity contribution in [2.24, 2.45) is 5.92 Å². The molecule has 2 aliphatic rings. The maximum Gasteiger partial charge on any atom is 0.351 e. The maximum absolute atomic E-state index is 12.8. The van der Waals surface area contributed by atoms with Gasteiger partial charge in [0.25, 0.3) is 5.91 Å². The van der Waals surface area contributed by atoms with Gasteiger partial charge in [0.15, 0.2) is 0 Å². The van der Waals surface area contributed by atoms with Crippen molar-refractivity contribution in [1.29, 1.82) is 0 Å². The van der Waals surface area contributed by atoms with Crippen molar-refractivity contribution < 1.29 is 19.5 Å². The van der Waals surface area contributed by atoms with Gasteiger partial charge in [-0.25, -0.2) is 4.79 Å². The van der Waals surface area contributed by atoms with Crippen LogP contribution in [0, 0.1) is 5.92 Å². The molecular weight excluding hydrogens is 284 g/mol. The minimum absolute atomic E-state index is 0.1000. The molecule has 22 heavy (non-hydrogen) atoms. The highest BCUT2D eigenvalue weighted by atomic mass is 16.4. The van der Waals surface area contributed by atoms with Gasteiger partial charge >= 0.3 is 5.97 Å². The minimum Gasteiger partial charge on any atom is -0.478 e. The van der Waals surface area contributed by atoms with E-state index in [1.54, 1.807) is 24.3 Å². The van der Waals surface area contributed by atoms with Crippen molar-refractivity contribution in [2.75, 3.05) is 11.4 Å². The Morgan fingerprint density at radius 3 is 2.64 bits per heavy atom. The van der Waals surface area contributed by atoms with Crippen molar-refractivity contribution in [1.82, 2.24) is 4.90 Å². The quantitative estimate of drug-likeness (QED) is 0.922. The van der Waals surface area contributed by atoms with Crippen molar-refractivity contribution >= 4 is 23.5 Å². The molecule has 0 aliphatic carbocycles. The summed E-state index contributed by atoms with van der Waals surface area (Å²) >= 11 is 0. The molecule has 1 aromatic carbocycles. The summed E-state index contributed by atoms with van der Waals surface area (Å²) in [6.07, 6.45) is 0.246. The van der Waals surface area contributed by atoms with E-state index in [-0.39, 0.29) is 30.6 Å². The molecule has 116 valence electrons. The van der Waals surface area contributed by atoms with Crippen LogP contribution in [0.5, 0.6) is 0 Å². The van der Waals surface area contributed by atoms with Crippen LogP contribution in [0.15, 0.2) is 24.3 Å². The summed E-state index contributed by atoms with van der Waals surface area (Å²) in [6.45, 7) is 4.14. The number of aliphatic carboxylic acids is 1. The van der Waals surface area contributed by atoms with E-state index in [4.69, 9.17) is 0 Å². The fourth-order valence-electron chi connectivity index (χ4n) is 3.38. The molecule has 1 aromatic rings. The number of benzene rings is 1. The Morgan fingerprint density at radius 1 is 1.32 bits per heavy atom. The average Bonchev–Trinajstić information content (AvgIpc) is 2.82. The average molecular weight is 302 g/mol. The van der Waals surface area contributed by atoms with Crippen LogP contribution in [0.4, 0.5) is 5.69 Å². The second-order valence-corrected chi connectivity index (χ2v) is 6.18. The number of carbonyl (C=O) groups excluding carboxylic acids is 2. The number of fused-ring (bicyclic) bond motifs is 3. The van der Waals surface area contributed by atoms with Gasteiger partial charge in [-0.05, 0) is 18.1 Å². The molecule has 3 rings (SSSR count). The molecule has 6 heteroatoms. The van der Waals surface area contributed by atoms with E-state index in [1.807, 2.05) is 13.8 Å². The smallest absolute Gasteiger partial charge is 0.351 e. The van der Waals surface area contributed by atoms with E-state index in [2.05, 4.69) is 0 Å². The van der Waals surface area contributed by atoms with Crippen molar-refractivity contribution in [3.8, 4) is 0 Å². The zero-order valence-corrected chi connectivity index (χ0v) is 12.6. The second-order valence-electron chi connectivity index (χ2n) is 6.18. The summed E-state index contributed by atoms with van der Waals surface area (Å²) in [4.78, 5) is 39.9. The lowest BCUT2D eigenvalue weighted by Gasteiger charge is -2.48. The Labute approximate surface area is 128 Å². The van der Waals surface area contributed by atoms with Crippen molar-refractivity contribution in [3.63, 3.8) is 0 Å². The molecule has 1 saturated heterocycles. The predicted molar refractivity (Wildman–Crippen MR) is 79.4 cm³/mol. The van der Waals surface area contributed by atoms with Crippen LogP contribution in [0.3, 0.4) is 0 Å². The highest BCUT2D eigenvalue weighted by molar-refractivity contribution is 6.15. The van der Waals surface area contributed by atoms with Crippen LogP contribution >= 0.6 is 0 Å². The normalized spacial score (nSPS) is 23.8. The van der Waals surface area contributed by atoms with Gasteiger partial charge < -0.3 is 10.0 Å². The fraction of sp³-hybridized carbons (Fsp3) is 0.438. The van der Waals surface area contributed by atoms with Crippen LogP contribution in [0.1, 0.15) is 37.0 Å². The maximum atomic E-state index is 12.8. The lowest BCUT2D eigenvalue weighted by molar-refractivity contribution is -0.150. The lowest BCUT2D eigenvalue weighted by atomic mass is 9.95. The molecule has 1 atom stereocenters. The molecule has 2 heterocycles. The van der Waals surface area contributed by atoms with Gasteiger partial charge in [-0.2, -0.15) is 0 Å². The number of nitrogens with zero attached hydrogens (tertiary/aromatic N) is 2. The first-order valence-corrected chi connectivity index (χ1v) is 7.37. The van der Waals surface area contributed by atoms with Crippen LogP contribution in [0.2, 0.25) is 0 Å². The van der Waals surface area contributed by atoms with E-state index in [0.717, 1.165) is 0 Å². The van der Waals surface area contributed by atoms with Gasteiger partial charge in [0.05, 0.1) is 11.3 Å². The third-order valence-corrected chi connectivity index (χ3v) is 4.26. The molecule has 0 spiro atoms. The minimum atomic E-state index is -1.59. The fourth-order valence-corrected chi connectivity index (χ4v) is 3.38. The number of carboxylic acids is 1. The van der Waals surface area contributed by atoms with Gasteiger partial charge in [0, 0.05) is 19.4 Å². The molecule has 2 amide bonds. The largest absolute Gasteiger partial charge is 0.478 e. The van der Waals surface area contributed by atoms with Crippen molar-refractivity contribution in [3.05, 3.63) is 29.8 Å². The molecule has 1 N–H and O–H groups in total. The van der Waals surface area contributed by atoms with E-state index < -0.39 is 11.6 Å². The number of amides is 2. The molecule has 0 unspecified atom stereocenters. The van der Waals surface area contributed by atoms with E-state index in [0.29, 0.717) is 17.8 Å². The van der Waals surface area contributed by atoms with Crippen LogP contribution in [-0.2, 0) is 9.59 Å². The lowest BCUT2D eigenvalue weighted by Crippen LogP contribution is -2.68. The Hall–Kier alpha value is -2.37.